The molecule has 4 aliphatic carbocycles. The number of hydrogen-bond acceptors (Lipinski definition) is 3. The molecule has 8 atom stereocenters. The monoisotopic (exact) mass is 259 g/mol. The molecule has 0 amide bonds. The summed E-state index contributed by atoms with van der Waals surface area (Å²) in [4.78, 5) is 24.8. The quantitative estimate of drug-likeness (QED) is 0.598. The largest absolute Gasteiger partial charge is 0.380 e. The van der Waals surface area contributed by atoms with Crippen LogP contribution >= 0.6 is 0 Å². The van der Waals surface area contributed by atoms with E-state index in [1.807, 2.05) is 9.36 Å². The van der Waals surface area contributed by atoms with Gasteiger partial charge in [-0.2, -0.15) is 0 Å². The summed E-state index contributed by atoms with van der Waals surface area (Å²) in [5.74, 6) is 2.86. The van der Waals surface area contributed by atoms with Crippen molar-refractivity contribution in [2.75, 3.05) is 13.2 Å². The van der Waals surface area contributed by atoms with Gasteiger partial charge in [0.2, 0.25) is 0 Å². The Morgan fingerprint density at radius 3 is 2.05 bits per heavy atom. The van der Waals surface area contributed by atoms with Crippen LogP contribution in [0.3, 0.4) is 0 Å². The normalized spacial score (nSPS) is 63.2. The molecule has 1 saturated heterocycles. The van der Waals surface area contributed by atoms with E-state index in [0.717, 1.165) is 25.0 Å². The molecule has 0 aromatic carbocycles. The highest BCUT2D eigenvalue weighted by molar-refractivity contribution is 5.50. The molecule has 0 radical (unpaired) electrons. The van der Waals surface area contributed by atoms with Crippen LogP contribution in [0.25, 0.3) is 0 Å². The van der Waals surface area contributed by atoms with Gasteiger partial charge in [-0.1, -0.05) is 0 Å². The molecule has 4 saturated carbocycles. The van der Waals surface area contributed by atoms with E-state index in [4.69, 9.17) is 4.74 Å². The lowest BCUT2D eigenvalue weighted by Gasteiger charge is -2.44. The lowest BCUT2D eigenvalue weighted by atomic mass is 9.73. The van der Waals surface area contributed by atoms with Gasteiger partial charge in [0.1, 0.15) is 0 Å². The van der Waals surface area contributed by atoms with E-state index in [9.17, 15) is 9.59 Å². The highest BCUT2D eigenvalue weighted by atomic mass is 16.5. The first-order chi connectivity index (χ1) is 9.18. The van der Waals surface area contributed by atoms with Gasteiger partial charge in [0.15, 0.2) is 0 Å². The molecular formula is C13H13N3O3. The third-order valence-electron chi connectivity index (χ3n) is 7.66. The molecule has 98 valence electrons. The summed E-state index contributed by atoms with van der Waals surface area (Å²) in [7, 11) is 1.61. The van der Waals surface area contributed by atoms with Crippen molar-refractivity contribution in [2.45, 2.75) is 12.1 Å². The fraction of sp³-hybridized carbons (Fsp3) is 0.846. The minimum Gasteiger partial charge on any atom is -0.380 e. The fourth-order valence-corrected chi connectivity index (χ4v) is 7.50. The average Bonchev–Trinajstić information content (AvgIpc) is 3.01. The van der Waals surface area contributed by atoms with Crippen molar-refractivity contribution in [3.05, 3.63) is 21.0 Å². The second-order valence-electron chi connectivity index (χ2n) is 7.49. The number of rotatable bonds is 0. The average molecular weight is 259 g/mol. The minimum absolute atomic E-state index is 0.119. The van der Waals surface area contributed by atoms with E-state index in [0.29, 0.717) is 11.8 Å². The standard InChI is InChI=1S/C13H13N3O3/c1-14-10(17)15-8-5-4-6(5)9(16(15)11(14)18)13-3-19-2-12(8,13)7(4)13/h4-9H,2-3H2,1H3/t4?,5-,6+,7?,8+,9-,12+,13-. The summed E-state index contributed by atoms with van der Waals surface area (Å²) in [6.07, 6.45) is 0. The Bertz CT molecular complexity index is 770. The number of nitrogens with zero attached hydrogens (tertiary/aromatic N) is 3. The van der Waals surface area contributed by atoms with E-state index in [1.54, 1.807) is 7.05 Å². The molecule has 6 nitrogen and oxygen atoms in total. The summed E-state index contributed by atoms with van der Waals surface area (Å²) in [5, 5.41) is 0. The van der Waals surface area contributed by atoms with E-state index in [2.05, 4.69) is 0 Å². The smallest absolute Gasteiger partial charge is 0.347 e. The van der Waals surface area contributed by atoms with Crippen LogP contribution in [0.2, 0.25) is 0 Å². The van der Waals surface area contributed by atoms with Gasteiger partial charge in [0.05, 0.1) is 25.3 Å². The Balaban J connectivity index is 1.71. The third-order valence-corrected chi connectivity index (χ3v) is 7.66. The van der Waals surface area contributed by atoms with Crippen LogP contribution in [0.15, 0.2) is 9.59 Å². The van der Waals surface area contributed by atoms with Gasteiger partial charge in [-0.15, -0.1) is 0 Å². The molecule has 4 heterocycles. The molecule has 3 aliphatic heterocycles. The van der Waals surface area contributed by atoms with Gasteiger partial charge in [-0.3, -0.25) is 0 Å². The molecule has 2 spiro atoms. The van der Waals surface area contributed by atoms with Crippen LogP contribution in [-0.4, -0.2) is 27.1 Å². The number of hydrogen-bond donors (Lipinski definition) is 0. The van der Waals surface area contributed by atoms with Gasteiger partial charge in [-0.25, -0.2) is 23.5 Å². The Morgan fingerprint density at radius 1 is 1.00 bits per heavy atom. The molecular weight excluding hydrogens is 246 g/mol. The minimum atomic E-state index is -0.119. The Morgan fingerprint density at radius 2 is 1.53 bits per heavy atom. The maximum absolute atomic E-state index is 12.4. The Kier molecular flexibility index (Phi) is 0.873. The molecule has 8 rings (SSSR count). The molecule has 2 bridgehead atoms. The summed E-state index contributed by atoms with van der Waals surface area (Å²) in [6.45, 7) is 1.63. The predicted molar refractivity (Wildman–Crippen MR) is 61.7 cm³/mol. The lowest BCUT2D eigenvalue weighted by molar-refractivity contribution is 0.0280. The van der Waals surface area contributed by atoms with Gasteiger partial charge in [-0.05, 0) is 23.7 Å². The first kappa shape index (κ1) is 8.79. The maximum atomic E-state index is 12.4. The van der Waals surface area contributed by atoms with Crippen LogP contribution < -0.4 is 11.4 Å². The molecule has 19 heavy (non-hydrogen) atoms. The number of ether oxygens (including phenoxy) is 1. The van der Waals surface area contributed by atoms with E-state index in [-0.39, 0.29) is 34.3 Å². The SMILES string of the molecule is Cn1c(=O)n2n(c1=O)[C@@H]1[C@H]3C4C5[C@@]6(COC[C@@]516)[C@@H]2[C@H]43. The summed E-state index contributed by atoms with van der Waals surface area (Å²) >= 11 is 0. The van der Waals surface area contributed by atoms with E-state index < -0.39 is 0 Å². The van der Waals surface area contributed by atoms with Crippen molar-refractivity contribution < 1.29 is 4.74 Å². The molecule has 0 N–H and O–H groups in total. The summed E-state index contributed by atoms with van der Waals surface area (Å²) in [6, 6.07) is 0.503. The first-order valence-corrected chi connectivity index (χ1v) is 7.16. The highest BCUT2D eigenvalue weighted by Gasteiger charge is 3.04. The van der Waals surface area contributed by atoms with E-state index >= 15 is 0 Å². The van der Waals surface area contributed by atoms with Crippen LogP contribution in [-0.2, 0) is 11.8 Å². The van der Waals surface area contributed by atoms with Crippen molar-refractivity contribution in [3.8, 4) is 0 Å². The molecule has 1 aromatic heterocycles. The molecule has 2 unspecified atom stereocenters. The highest BCUT2D eigenvalue weighted by Crippen LogP contribution is 3.03. The van der Waals surface area contributed by atoms with Crippen LogP contribution in [0.5, 0.6) is 0 Å². The summed E-state index contributed by atoms with van der Waals surface area (Å²) < 4.78 is 10.7. The second kappa shape index (κ2) is 1.89. The third kappa shape index (κ3) is 0.469. The van der Waals surface area contributed by atoms with Crippen molar-refractivity contribution >= 4 is 0 Å². The lowest BCUT2D eigenvalue weighted by Crippen LogP contribution is -2.52. The topological polar surface area (TPSA) is 58.2 Å². The number of aromatic nitrogens is 3. The zero-order valence-corrected chi connectivity index (χ0v) is 10.4. The molecule has 7 aliphatic rings. The molecule has 5 fully saturated rings. The summed E-state index contributed by atoms with van der Waals surface area (Å²) in [5.41, 5.74) is 0.205. The maximum Gasteiger partial charge on any atom is 0.347 e. The van der Waals surface area contributed by atoms with Crippen molar-refractivity contribution in [3.63, 3.8) is 0 Å². The zero-order valence-electron chi connectivity index (χ0n) is 10.4. The zero-order chi connectivity index (χ0) is 12.5. The van der Waals surface area contributed by atoms with Crippen LogP contribution in [0.1, 0.15) is 12.1 Å². The molecule has 1 aromatic rings. The van der Waals surface area contributed by atoms with Crippen LogP contribution in [0.4, 0.5) is 0 Å². The van der Waals surface area contributed by atoms with Gasteiger partial charge < -0.3 is 4.74 Å². The Labute approximate surface area is 107 Å². The van der Waals surface area contributed by atoms with Gasteiger partial charge >= 0.3 is 11.4 Å². The second-order valence-corrected chi connectivity index (χ2v) is 7.49. The first-order valence-electron chi connectivity index (χ1n) is 7.16. The van der Waals surface area contributed by atoms with Crippen molar-refractivity contribution in [1.82, 2.24) is 13.9 Å². The van der Waals surface area contributed by atoms with E-state index in [1.165, 1.54) is 4.57 Å². The van der Waals surface area contributed by atoms with Crippen molar-refractivity contribution in [2.24, 2.45) is 41.5 Å². The van der Waals surface area contributed by atoms with Crippen LogP contribution in [0, 0.1) is 34.5 Å². The Hall–Kier alpha value is -1.30. The molecule has 6 heteroatoms. The van der Waals surface area contributed by atoms with Gasteiger partial charge in [0, 0.05) is 17.9 Å². The predicted octanol–water partition coefficient (Wildman–Crippen LogP) is -1.03. The fourth-order valence-electron chi connectivity index (χ4n) is 7.50. The van der Waals surface area contributed by atoms with Gasteiger partial charge in [0.25, 0.3) is 0 Å². The van der Waals surface area contributed by atoms with Crippen molar-refractivity contribution in [1.29, 1.82) is 0 Å².